The van der Waals surface area contributed by atoms with Crippen molar-refractivity contribution in [1.82, 2.24) is 5.32 Å². The molecule has 1 aromatic heterocycles. The average molecular weight is 417 g/mol. The monoisotopic (exact) mass is 416 g/mol. The highest BCUT2D eigenvalue weighted by Crippen LogP contribution is 2.31. The number of sulfonamides is 1. The zero-order valence-electron chi connectivity index (χ0n) is 16.2. The molecule has 0 aliphatic heterocycles. The first-order chi connectivity index (χ1) is 13.3. The zero-order chi connectivity index (χ0) is 20.3. The summed E-state index contributed by atoms with van der Waals surface area (Å²) in [5.74, 6) is -0.0960. The van der Waals surface area contributed by atoms with Crippen LogP contribution in [0.3, 0.4) is 0 Å². The van der Waals surface area contributed by atoms with Gasteiger partial charge in [-0.1, -0.05) is 37.3 Å². The molecule has 5 nitrogen and oxygen atoms in total. The van der Waals surface area contributed by atoms with Gasteiger partial charge in [-0.3, -0.25) is 9.10 Å². The molecule has 1 heterocycles. The smallest absolute Gasteiger partial charge is 0.261 e. The molecule has 0 bridgehead atoms. The highest BCUT2D eigenvalue weighted by atomic mass is 32.2. The molecule has 148 valence electrons. The maximum absolute atomic E-state index is 12.4. The molecule has 0 fully saturated rings. The van der Waals surface area contributed by atoms with Crippen molar-refractivity contribution in [3.8, 4) is 0 Å². The third-order valence-electron chi connectivity index (χ3n) is 4.57. The standard InChI is InChI=1S/C21H24N2O3S2/c1-4-15(2)22-21(24)20-13-17-12-18(10-11-19(17)27-20)23(28(3,25)26)14-16-8-6-5-7-9-16/h5-13,15H,4,14H2,1-3H3,(H,22,24). The molecule has 1 N–H and O–H groups in total. The van der Waals surface area contributed by atoms with E-state index >= 15 is 0 Å². The largest absolute Gasteiger partial charge is 0.349 e. The molecule has 3 rings (SSSR count). The van der Waals surface area contributed by atoms with Crippen molar-refractivity contribution in [3.05, 3.63) is 65.0 Å². The van der Waals surface area contributed by atoms with Crippen LogP contribution >= 0.6 is 11.3 Å². The SMILES string of the molecule is CCC(C)NC(=O)c1cc2cc(N(Cc3ccccc3)S(C)(=O)=O)ccc2s1. The first-order valence-corrected chi connectivity index (χ1v) is 11.8. The second-order valence-corrected chi connectivity index (χ2v) is 9.86. The first-order valence-electron chi connectivity index (χ1n) is 9.14. The van der Waals surface area contributed by atoms with E-state index in [9.17, 15) is 13.2 Å². The molecule has 2 aromatic carbocycles. The molecular formula is C21H24N2O3S2. The number of carbonyl (C=O) groups excluding carboxylic acids is 1. The lowest BCUT2D eigenvalue weighted by molar-refractivity contribution is 0.0943. The van der Waals surface area contributed by atoms with E-state index in [2.05, 4.69) is 5.32 Å². The Morgan fingerprint density at radius 3 is 2.50 bits per heavy atom. The van der Waals surface area contributed by atoms with Gasteiger partial charge in [0, 0.05) is 10.7 Å². The summed E-state index contributed by atoms with van der Waals surface area (Å²) in [5, 5.41) is 3.83. The van der Waals surface area contributed by atoms with Gasteiger partial charge in [-0.2, -0.15) is 0 Å². The zero-order valence-corrected chi connectivity index (χ0v) is 17.8. The molecule has 0 spiro atoms. The van der Waals surface area contributed by atoms with Crippen molar-refractivity contribution < 1.29 is 13.2 Å². The van der Waals surface area contributed by atoms with Crippen LogP contribution in [0.1, 0.15) is 35.5 Å². The minimum atomic E-state index is -3.46. The summed E-state index contributed by atoms with van der Waals surface area (Å²) in [4.78, 5) is 13.0. The summed E-state index contributed by atoms with van der Waals surface area (Å²) in [5.41, 5.74) is 1.50. The molecule has 28 heavy (non-hydrogen) atoms. The van der Waals surface area contributed by atoms with E-state index in [-0.39, 0.29) is 18.5 Å². The number of nitrogens with zero attached hydrogens (tertiary/aromatic N) is 1. The Bertz CT molecular complexity index is 1080. The fraction of sp³-hybridized carbons (Fsp3) is 0.286. The molecule has 0 saturated carbocycles. The van der Waals surface area contributed by atoms with Crippen molar-refractivity contribution in [2.75, 3.05) is 10.6 Å². The van der Waals surface area contributed by atoms with Crippen molar-refractivity contribution in [1.29, 1.82) is 0 Å². The van der Waals surface area contributed by atoms with E-state index in [1.54, 1.807) is 6.07 Å². The van der Waals surface area contributed by atoms with Gasteiger partial charge in [-0.05, 0) is 48.6 Å². The molecule has 0 saturated heterocycles. The normalized spacial score (nSPS) is 12.7. The Labute approximate surface area is 170 Å². The van der Waals surface area contributed by atoms with Crippen LogP contribution in [0.2, 0.25) is 0 Å². The Hall–Kier alpha value is -2.38. The van der Waals surface area contributed by atoms with Crippen LogP contribution in [0.5, 0.6) is 0 Å². The summed E-state index contributed by atoms with van der Waals surface area (Å²) in [6.45, 7) is 4.25. The molecule has 1 amide bonds. The molecule has 7 heteroatoms. The lowest BCUT2D eigenvalue weighted by Gasteiger charge is -2.22. The maximum atomic E-state index is 12.4. The minimum Gasteiger partial charge on any atom is -0.349 e. The number of thiophene rings is 1. The van der Waals surface area contributed by atoms with Crippen molar-refractivity contribution >= 4 is 43.0 Å². The molecule has 1 unspecified atom stereocenters. The van der Waals surface area contributed by atoms with Crippen LogP contribution in [0.15, 0.2) is 54.6 Å². The predicted octanol–water partition coefficient (Wildman–Crippen LogP) is 4.40. The number of amides is 1. The van der Waals surface area contributed by atoms with Gasteiger partial charge in [0.15, 0.2) is 0 Å². The van der Waals surface area contributed by atoms with Gasteiger partial charge in [0.25, 0.3) is 5.91 Å². The minimum absolute atomic E-state index is 0.0960. The number of nitrogens with one attached hydrogen (secondary N) is 1. The van der Waals surface area contributed by atoms with Gasteiger partial charge in [0.05, 0.1) is 23.4 Å². The van der Waals surface area contributed by atoms with Crippen LogP contribution in [0, 0.1) is 0 Å². The molecule has 0 aliphatic rings. The first kappa shape index (κ1) is 20.4. The number of fused-ring (bicyclic) bond motifs is 1. The highest BCUT2D eigenvalue weighted by molar-refractivity contribution is 7.92. The van der Waals surface area contributed by atoms with Crippen LogP contribution < -0.4 is 9.62 Å². The molecule has 0 radical (unpaired) electrons. The second kappa shape index (κ2) is 8.32. The fourth-order valence-electron chi connectivity index (χ4n) is 2.84. The lowest BCUT2D eigenvalue weighted by atomic mass is 10.2. The van der Waals surface area contributed by atoms with Crippen LogP contribution in [0.4, 0.5) is 5.69 Å². The van der Waals surface area contributed by atoms with Crippen molar-refractivity contribution in [2.45, 2.75) is 32.9 Å². The van der Waals surface area contributed by atoms with Gasteiger partial charge in [-0.15, -0.1) is 11.3 Å². The van der Waals surface area contributed by atoms with E-state index in [1.807, 2.05) is 62.4 Å². The average Bonchev–Trinajstić information content (AvgIpc) is 3.09. The highest BCUT2D eigenvalue weighted by Gasteiger charge is 2.19. The van der Waals surface area contributed by atoms with Crippen molar-refractivity contribution in [2.24, 2.45) is 0 Å². The van der Waals surface area contributed by atoms with E-state index in [0.717, 1.165) is 22.1 Å². The van der Waals surface area contributed by atoms with Gasteiger partial charge in [-0.25, -0.2) is 8.42 Å². The summed E-state index contributed by atoms with van der Waals surface area (Å²) in [6, 6.07) is 16.9. The third kappa shape index (κ3) is 4.72. The molecular weight excluding hydrogens is 392 g/mol. The Kier molecular flexibility index (Phi) is 6.05. The van der Waals surface area contributed by atoms with E-state index in [1.165, 1.54) is 21.9 Å². The maximum Gasteiger partial charge on any atom is 0.261 e. The Morgan fingerprint density at radius 2 is 1.86 bits per heavy atom. The third-order valence-corrected chi connectivity index (χ3v) is 6.83. The van der Waals surface area contributed by atoms with Crippen LogP contribution in [-0.2, 0) is 16.6 Å². The molecule has 0 aliphatic carbocycles. The quantitative estimate of drug-likeness (QED) is 0.621. The van der Waals surface area contributed by atoms with Gasteiger partial charge in [0.2, 0.25) is 10.0 Å². The van der Waals surface area contributed by atoms with Gasteiger partial charge in [0.1, 0.15) is 0 Å². The second-order valence-electron chi connectivity index (χ2n) is 6.87. The summed E-state index contributed by atoms with van der Waals surface area (Å²) >= 11 is 1.41. The molecule has 3 aromatic rings. The summed E-state index contributed by atoms with van der Waals surface area (Å²) in [6.07, 6.45) is 2.07. The Balaban J connectivity index is 1.93. The number of rotatable bonds is 7. The van der Waals surface area contributed by atoms with Gasteiger partial charge < -0.3 is 5.32 Å². The van der Waals surface area contributed by atoms with Crippen LogP contribution in [0.25, 0.3) is 10.1 Å². The van der Waals surface area contributed by atoms with Gasteiger partial charge >= 0.3 is 0 Å². The number of benzene rings is 2. The summed E-state index contributed by atoms with van der Waals surface area (Å²) < 4.78 is 27.1. The Morgan fingerprint density at radius 1 is 1.14 bits per heavy atom. The molecule has 1 atom stereocenters. The van der Waals surface area contributed by atoms with E-state index in [4.69, 9.17) is 0 Å². The van der Waals surface area contributed by atoms with E-state index in [0.29, 0.717) is 10.6 Å². The van der Waals surface area contributed by atoms with Crippen LogP contribution in [-0.4, -0.2) is 26.6 Å². The van der Waals surface area contributed by atoms with E-state index < -0.39 is 10.0 Å². The number of carbonyl (C=O) groups is 1. The number of anilines is 1. The predicted molar refractivity (Wildman–Crippen MR) is 117 cm³/mol. The number of hydrogen-bond acceptors (Lipinski definition) is 4. The number of hydrogen-bond donors (Lipinski definition) is 1. The summed E-state index contributed by atoms with van der Waals surface area (Å²) in [7, 11) is -3.46. The lowest BCUT2D eigenvalue weighted by Crippen LogP contribution is -2.31. The topological polar surface area (TPSA) is 66.5 Å². The fourth-order valence-corrected chi connectivity index (χ4v) is 4.67. The van der Waals surface area contributed by atoms with Crippen molar-refractivity contribution in [3.63, 3.8) is 0 Å².